The van der Waals surface area contributed by atoms with Gasteiger partial charge in [-0.3, -0.25) is 24.6 Å². The first kappa shape index (κ1) is 20.6. The van der Waals surface area contributed by atoms with Crippen molar-refractivity contribution in [3.8, 4) is 0 Å². The summed E-state index contributed by atoms with van der Waals surface area (Å²) < 4.78 is 0. The van der Waals surface area contributed by atoms with Gasteiger partial charge < -0.3 is 5.32 Å². The molecule has 1 fully saturated rings. The first-order valence-corrected chi connectivity index (χ1v) is 9.22. The number of amides is 7. The molecule has 9 heteroatoms. The minimum Gasteiger partial charge on any atom is -0.337 e. The second-order valence-electron chi connectivity index (χ2n) is 7.15. The van der Waals surface area contributed by atoms with E-state index >= 15 is 0 Å². The average molecular weight is 378 g/mol. The lowest BCUT2D eigenvalue weighted by Gasteiger charge is -2.16. The third kappa shape index (κ3) is 5.63. The van der Waals surface area contributed by atoms with E-state index in [0.717, 1.165) is 30.6 Å². The summed E-state index contributed by atoms with van der Waals surface area (Å²) in [5.74, 6) is -2.85. The number of carbonyl (C=O) groups is 5. The Hall–Kier alpha value is -2.71. The van der Waals surface area contributed by atoms with Crippen LogP contribution in [0.1, 0.15) is 46.0 Å². The van der Waals surface area contributed by atoms with Crippen molar-refractivity contribution in [2.45, 2.75) is 46.0 Å². The van der Waals surface area contributed by atoms with E-state index < -0.39 is 36.3 Å². The zero-order chi connectivity index (χ0) is 20.0. The van der Waals surface area contributed by atoms with Gasteiger partial charge in [-0.05, 0) is 38.0 Å². The molecule has 0 aromatic carbocycles. The van der Waals surface area contributed by atoms with Crippen molar-refractivity contribution in [3.05, 3.63) is 11.6 Å². The molecular formula is C18H26N4O5. The highest BCUT2D eigenvalue weighted by molar-refractivity contribution is 6.45. The van der Waals surface area contributed by atoms with Gasteiger partial charge in [0.15, 0.2) is 0 Å². The highest BCUT2D eigenvalue weighted by atomic mass is 16.2. The molecule has 0 aromatic rings. The van der Waals surface area contributed by atoms with Crippen LogP contribution in [-0.4, -0.2) is 59.2 Å². The lowest BCUT2D eigenvalue weighted by molar-refractivity contribution is -0.144. The van der Waals surface area contributed by atoms with E-state index in [4.69, 9.17) is 0 Å². The molecule has 2 N–H and O–H groups in total. The maximum atomic E-state index is 12.2. The van der Waals surface area contributed by atoms with Crippen LogP contribution in [0.4, 0.5) is 9.59 Å². The van der Waals surface area contributed by atoms with E-state index in [1.165, 1.54) is 12.0 Å². The van der Waals surface area contributed by atoms with Gasteiger partial charge >= 0.3 is 23.9 Å². The summed E-state index contributed by atoms with van der Waals surface area (Å²) in [6, 6.07) is -1.53. The molecule has 2 rings (SSSR count). The van der Waals surface area contributed by atoms with E-state index in [0.29, 0.717) is 11.4 Å². The maximum Gasteiger partial charge on any atom is 0.334 e. The molecule has 0 unspecified atom stereocenters. The third-order valence-electron chi connectivity index (χ3n) is 4.35. The smallest absolute Gasteiger partial charge is 0.334 e. The maximum absolute atomic E-state index is 12.2. The topological polar surface area (TPSA) is 116 Å². The lowest BCUT2D eigenvalue weighted by Crippen LogP contribution is -2.46. The summed E-state index contributed by atoms with van der Waals surface area (Å²) in [4.78, 5) is 61.0. The molecule has 9 nitrogen and oxygen atoms in total. The number of hydrogen-bond donors (Lipinski definition) is 2. The predicted octanol–water partition coefficient (Wildman–Crippen LogP) is 1.15. The minimum atomic E-state index is -1.06. The zero-order valence-electron chi connectivity index (χ0n) is 15.7. The van der Waals surface area contributed by atoms with Gasteiger partial charge in [-0.25, -0.2) is 14.5 Å². The zero-order valence-corrected chi connectivity index (χ0v) is 15.7. The Balaban J connectivity index is 1.78. The number of imide groups is 3. The molecule has 1 saturated heterocycles. The Morgan fingerprint density at radius 1 is 1.11 bits per heavy atom. The SMILES string of the molecule is CC(C)CN1C(=O)C(=O)N(CC(=O)NC(=O)NCCC2=CCCCC2)C1=O. The van der Waals surface area contributed by atoms with E-state index in [1.807, 2.05) is 0 Å². The van der Waals surface area contributed by atoms with Gasteiger partial charge in [-0.15, -0.1) is 0 Å². The molecule has 0 bridgehead atoms. The van der Waals surface area contributed by atoms with E-state index in [9.17, 15) is 24.0 Å². The van der Waals surface area contributed by atoms with Crippen molar-refractivity contribution < 1.29 is 24.0 Å². The monoisotopic (exact) mass is 378 g/mol. The molecule has 1 aliphatic heterocycles. The Morgan fingerprint density at radius 2 is 1.81 bits per heavy atom. The van der Waals surface area contributed by atoms with Crippen LogP contribution < -0.4 is 10.6 Å². The summed E-state index contributed by atoms with van der Waals surface area (Å²) in [5, 5.41) is 4.65. The molecule has 0 atom stereocenters. The Morgan fingerprint density at radius 3 is 2.44 bits per heavy atom. The van der Waals surface area contributed by atoms with Crippen molar-refractivity contribution in [1.82, 2.24) is 20.4 Å². The normalized spacial score (nSPS) is 17.4. The Kier molecular flexibility index (Phi) is 7.09. The van der Waals surface area contributed by atoms with Crippen molar-refractivity contribution >= 4 is 29.8 Å². The van der Waals surface area contributed by atoms with Gasteiger partial charge in [-0.2, -0.15) is 0 Å². The summed E-state index contributed by atoms with van der Waals surface area (Å²) in [5.41, 5.74) is 1.30. The van der Waals surface area contributed by atoms with Gasteiger partial charge in [0.25, 0.3) is 0 Å². The molecule has 27 heavy (non-hydrogen) atoms. The molecule has 0 spiro atoms. The molecule has 7 amide bonds. The number of allylic oxidation sites excluding steroid dienone is 1. The highest BCUT2D eigenvalue weighted by Crippen LogP contribution is 2.19. The average Bonchev–Trinajstić information content (AvgIpc) is 2.80. The summed E-state index contributed by atoms with van der Waals surface area (Å²) in [6.45, 7) is 3.42. The van der Waals surface area contributed by atoms with Crippen LogP contribution in [0.5, 0.6) is 0 Å². The largest absolute Gasteiger partial charge is 0.337 e. The van der Waals surface area contributed by atoms with Crippen molar-refractivity contribution in [3.63, 3.8) is 0 Å². The van der Waals surface area contributed by atoms with Gasteiger partial charge in [0.05, 0.1) is 0 Å². The van der Waals surface area contributed by atoms with Gasteiger partial charge in [-0.1, -0.05) is 25.5 Å². The van der Waals surface area contributed by atoms with Crippen molar-refractivity contribution in [1.29, 1.82) is 0 Å². The molecular weight excluding hydrogens is 352 g/mol. The number of nitrogens with zero attached hydrogens (tertiary/aromatic N) is 2. The molecule has 0 radical (unpaired) electrons. The lowest BCUT2D eigenvalue weighted by atomic mass is 9.97. The van der Waals surface area contributed by atoms with Crippen LogP contribution in [0.3, 0.4) is 0 Å². The molecule has 2 aliphatic rings. The molecule has 0 saturated carbocycles. The number of hydrogen-bond acceptors (Lipinski definition) is 5. The van der Waals surface area contributed by atoms with Crippen LogP contribution in [0.2, 0.25) is 0 Å². The number of carbonyl (C=O) groups excluding carboxylic acids is 5. The Bertz CT molecular complexity index is 671. The van der Waals surface area contributed by atoms with Crippen LogP contribution in [0, 0.1) is 5.92 Å². The summed E-state index contributed by atoms with van der Waals surface area (Å²) in [7, 11) is 0. The fraction of sp³-hybridized carbons (Fsp3) is 0.611. The fourth-order valence-corrected chi connectivity index (χ4v) is 3.04. The second kappa shape index (κ2) is 9.29. The number of rotatable bonds is 7. The van der Waals surface area contributed by atoms with Gasteiger partial charge in [0.2, 0.25) is 5.91 Å². The highest BCUT2D eigenvalue weighted by Gasteiger charge is 2.45. The minimum absolute atomic E-state index is 0.00969. The molecule has 148 valence electrons. The van der Waals surface area contributed by atoms with Crippen molar-refractivity contribution in [2.24, 2.45) is 5.92 Å². The van der Waals surface area contributed by atoms with Gasteiger partial charge in [0, 0.05) is 13.1 Å². The van der Waals surface area contributed by atoms with Crippen molar-refractivity contribution in [2.75, 3.05) is 19.6 Å². The first-order valence-electron chi connectivity index (χ1n) is 9.22. The van der Waals surface area contributed by atoms with E-state index in [1.54, 1.807) is 13.8 Å². The molecule has 0 aromatic heterocycles. The predicted molar refractivity (Wildman–Crippen MR) is 96.4 cm³/mol. The van der Waals surface area contributed by atoms with Crippen LogP contribution in [0.25, 0.3) is 0 Å². The van der Waals surface area contributed by atoms with Crippen LogP contribution in [-0.2, 0) is 14.4 Å². The van der Waals surface area contributed by atoms with E-state index in [2.05, 4.69) is 16.7 Å². The van der Waals surface area contributed by atoms with Crippen LogP contribution in [0.15, 0.2) is 11.6 Å². The summed E-state index contributed by atoms with van der Waals surface area (Å²) >= 11 is 0. The molecule has 1 aliphatic carbocycles. The van der Waals surface area contributed by atoms with Gasteiger partial charge in [0.1, 0.15) is 6.54 Å². The number of nitrogens with one attached hydrogen (secondary N) is 2. The molecule has 1 heterocycles. The third-order valence-corrected chi connectivity index (χ3v) is 4.35. The quantitative estimate of drug-likeness (QED) is 0.392. The second-order valence-corrected chi connectivity index (χ2v) is 7.15. The standard InChI is InChI=1S/C18H26N4O5/c1-12(2)10-21-15(24)16(25)22(18(21)27)11-14(23)20-17(26)19-9-8-13-6-4-3-5-7-13/h6,12H,3-5,7-11H2,1-2H3,(H2,19,20,23,26). The number of urea groups is 2. The summed E-state index contributed by atoms with van der Waals surface area (Å²) in [6.07, 6.45) is 7.34. The first-order chi connectivity index (χ1) is 12.8. The van der Waals surface area contributed by atoms with E-state index in [-0.39, 0.29) is 12.5 Å². The van der Waals surface area contributed by atoms with Crippen LogP contribution >= 0.6 is 0 Å². The Labute approximate surface area is 158 Å². The fourth-order valence-electron chi connectivity index (χ4n) is 3.04.